The zero-order valence-electron chi connectivity index (χ0n) is 17.6. The van der Waals surface area contributed by atoms with Crippen LogP contribution >= 0.6 is 11.3 Å². The number of hydrogen-bond donors (Lipinski definition) is 2. The summed E-state index contributed by atoms with van der Waals surface area (Å²) in [4.78, 5) is 27.6. The average Bonchev–Trinajstić information content (AvgIpc) is 2.94. The number of hydrogen-bond acceptors (Lipinski definition) is 6. The highest BCUT2D eigenvalue weighted by Crippen LogP contribution is 2.40. The number of fused-ring (bicyclic) bond motifs is 2. The molecule has 3 N–H and O–H groups in total. The Morgan fingerprint density at radius 2 is 1.86 bits per heavy atom. The molecule has 0 saturated carbocycles. The Kier molecular flexibility index (Phi) is 4.81. The fourth-order valence-electron chi connectivity index (χ4n) is 4.04. The van der Waals surface area contributed by atoms with Crippen LogP contribution in [0.4, 0.5) is 11.6 Å². The maximum Gasteiger partial charge on any atom is 0.270 e. The van der Waals surface area contributed by atoms with E-state index in [2.05, 4.69) is 42.1 Å². The fourth-order valence-corrected chi connectivity index (χ4v) is 5.03. The quantitative estimate of drug-likeness (QED) is 0.640. The molecule has 1 unspecified atom stereocenters. The highest BCUT2D eigenvalue weighted by Gasteiger charge is 2.30. The van der Waals surface area contributed by atoms with Crippen LogP contribution in [-0.4, -0.2) is 20.9 Å². The Morgan fingerprint density at radius 1 is 1.17 bits per heavy atom. The van der Waals surface area contributed by atoms with Crippen LogP contribution < -0.4 is 11.1 Å². The molecule has 3 heterocycles. The molecule has 0 aliphatic heterocycles. The summed E-state index contributed by atoms with van der Waals surface area (Å²) in [6.07, 6.45) is 3.13. The summed E-state index contributed by atoms with van der Waals surface area (Å²) in [7, 11) is 0. The molecule has 7 heteroatoms. The van der Waals surface area contributed by atoms with E-state index in [1.165, 1.54) is 16.9 Å². The lowest BCUT2D eigenvalue weighted by Gasteiger charge is -2.34. The first-order valence-electron chi connectivity index (χ1n) is 9.96. The summed E-state index contributed by atoms with van der Waals surface area (Å²) in [5, 5.41) is 3.65. The first kappa shape index (κ1) is 19.8. The monoisotopic (exact) mass is 409 g/mol. The highest BCUT2D eigenvalue weighted by molar-refractivity contribution is 7.21. The largest absolute Gasteiger partial charge is 0.397 e. The number of aryl methyl sites for hydroxylation is 3. The lowest BCUT2D eigenvalue weighted by atomic mass is 9.71. The van der Waals surface area contributed by atoms with Crippen molar-refractivity contribution >= 4 is 39.1 Å². The number of amides is 1. The first-order valence-corrected chi connectivity index (χ1v) is 10.8. The van der Waals surface area contributed by atoms with Crippen molar-refractivity contribution in [1.29, 1.82) is 0 Å². The maximum atomic E-state index is 12.8. The summed E-state index contributed by atoms with van der Waals surface area (Å²) in [6, 6.07) is 4.01. The minimum atomic E-state index is -0.291. The lowest BCUT2D eigenvalue weighted by molar-refractivity contribution is 0.103. The number of pyridine rings is 1. The standard InChI is InChI=1S/C22H27N5OS/c1-11-8-12(2)25-21(24-11)27-19(28)18-17(23)15-10-13-9-14(22(3,4)5)6-7-16(13)26-20(15)29-18/h8,10,14H,6-7,9,23H2,1-5H3,(H,24,25,27,28). The second-order valence-electron chi connectivity index (χ2n) is 9.03. The molecule has 1 aliphatic carbocycles. The maximum absolute atomic E-state index is 12.8. The first-order chi connectivity index (χ1) is 13.6. The van der Waals surface area contributed by atoms with Gasteiger partial charge in [-0.2, -0.15) is 0 Å². The minimum absolute atomic E-state index is 0.268. The number of thiophene rings is 1. The van der Waals surface area contributed by atoms with Gasteiger partial charge < -0.3 is 5.73 Å². The van der Waals surface area contributed by atoms with E-state index in [-0.39, 0.29) is 11.3 Å². The molecule has 1 aliphatic rings. The molecule has 1 amide bonds. The molecule has 0 fully saturated rings. The number of rotatable bonds is 2. The van der Waals surface area contributed by atoms with Crippen LogP contribution in [0.15, 0.2) is 12.1 Å². The van der Waals surface area contributed by atoms with E-state index in [0.717, 1.165) is 46.6 Å². The molecule has 0 saturated heterocycles. The summed E-state index contributed by atoms with van der Waals surface area (Å²) in [5.74, 6) is 0.629. The molecule has 0 aromatic carbocycles. The van der Waals surface area contributed by atoms with E-state index < -0.39 is 0 Å². The summed E-state index contributed by atoms with van der Waals surface area (Å²) >= 11 is 1.34. The Balaban J connectivity index is 1.67. The molecule has 6 nitrogen and oxygen atoms in total. The van der Waals surface area contributed by atoms with Gasteiger partial charge in [-0.1, -0.05) is 20.8 Å². The van der Waals surface area contributed by atoms with Crippen LogP contribution in [0.2, 0.25) is 0 Å². The van der Waals surface area contributed by atoms with Crippen LogP contribution in [0.5, 0.6) is 0 Å². The molecule has 152 valence electrons. The Morgan fingerprint density at radius 3 is 2.52 bits per heavy atom. The van der Waals surface area contributed by atoms with Crippen LogP contribution in [0.1, 0.15) is 59.5 Å². The lowest BCUT2D eigenvalue weighted by Crippen LogP contribution is -2.27. The highest BCUT2D eigenvalue weighted by atomic mass is 32.1. The van der Waals surface area contributed by atoms with Gasteiger partial charge in [0.2, 0.25) is 5.95 Å². The molecule has 4 rings (SSSR count). The third-order valence-electron chi connectivity index (χ3n) is 5.72. The van der Waals surface area contributed by atoms with Gasteiger partial charge in [0, 0.05) is 22.5 Å². The van der Waals surface area contributed by atoms with Crippen molar-refractivity contribution in [2.75, 3.05) is 11.1 Å². The number of anilines is 2. The van der Waals surface area contributed by atoms with E-state index in [1.807, 2.05) is 19.9 Å². The number of carbonyl (C=O) groups excluding carboxylic acids is 1. The second kappa shape index (κ2) is 7.06. The Bertz CT molecular complexity index is 1090. The predicted octanol–water partition coefficient (Wildman–Crippen LogP) is 4.69. The number of nitrogens with two attached hydrogens (primary N) is 1. The number of carbonyl (C=O) groups is 1. The van der Waals surface area contributed by atoms with Crippen molar-refractivity contribution in [3.8, 4) is 0 Å². The van der Waals surface area contributed by atoms with Crippen molar-refractivity contribution in [3.63, 3.8) is 0 Å². The van der Waals surface area contributed by atoms with Gasteiger partial charge >= 0.3 is 0 Å². The van der Waals surface area contributed by atoms with Gasteiger partial charge in [0.25, 0.3) is 5.91 Å². The van der Waals surface area contributed by atoms with Crippen LogP contribution in [0.3, 0.4) is 0 Å². The van der Waals surface area contributed by atoms with Gasteiger partial charge in [-0.25, -0.2) is 15.0 Å². The van der Waals surface area contributed by atoms with Crippen LogP contribution in [0.25, 0.3) is 10.2 Å². The van der Waals surface area contributed by atoms with E-state index in [9.17, 15) is 4.79 Å². The van der Waals surface area contributed by atoms with Crippen molar-refractivity contribution < 1.29 is 4.79 Å². The Hall–Kier alpha value is -2.54. The van der Waals surface area contributed by atoms with Crippen molar-refractivity contribution in [3.05, 3.63) is 39.7 Å². The number of nitrogen functional groups attached to an aromatic ring is 1. The molecule has 3 aromatic rings. The summed E-state index contributed by atoms with van der Waals surface area (Å²) in [5.41, 5.74) is 11.1. The molecule has 3 aromatic heterocycles. The Labute approximate surface area is 175 Å². The molecule has 1 atom stereocenters. The molecule has 29 heavy (non-hydrogen) atoms. The van der Waals surface area contributed by atoms with Gasteiger partial charge in [0.15, 0.2) is 0 Å². The molecular weight excluding hydrogens is 382 g/mol. The van der Waals surface area contributed by atoms with Gasteiger partial charge in [-0.15, -0.1) is 11.3 Å². The predicted molar refractivity (Wildman–Crippen MR) is 118 cm³/mol. The number of aromatic nitrogens is 3. The third-order valence-corrected chi connectivity index (χ3v) is 6.84. The van der Waals surface area contributed by atoms with Crippen molar-refractivity contribution in [1.82, 2.24) is 15.0 Å². The topological polar surface area (TPSA) is 93.8 Å². The summed E-state index contributed by atoms with van der Waals surface area (Å²) < 4.78 is 0. The van der Waals surface area contributed by atoms with Crippen molar-refractivity contribution in [2.45, 2.75) is 53.9 Å². The number of nitrogens with one attached hydrogen (secondary N) is 1. The van der Waals surface area contributed by atoms with E-state index in [1.54, 1.807) is 0 Å². The molecular formula is C22H27N5OS. The van der Waals surface area contributed by atoms with Crippen molar-refractivity contribution in [2.24, 2.45) is 11.3 Å². The second-order valence-corrected chi connectivity index (χ2v) is 10.0. The molecule has 0 spiro atoms. The van der Waals surface area contributed by atoms with E-state index in [0.29, 0.717) is 22.4 Å². The minimum Gasteiger partial charge on any atom is -0.397 e. The average molecular weight is 410 g/mol. The normalized spacial score (nSPS) is 16.7. The van der Waals surface area contributed by atoms with Gasteiger partial charge in [-0.3, -0.25) is 10.1 Å². The van der Waals surface area contributed by atoms with Gasteiger partial charge in [-0.05, 0) is 62.1 Å². The van der Waals surface area contributed by atoms with Gasteiger partial charge in [0.05, 0.1) is 5.69 Å². The SMILES string of the molecule is Cc1cc(C)nc(NC(=O)c2sc3nc4c(cc3c2N)CC(C(C)(C)C)CC4)n1. The van der Waals surface area contributed by atoms with Gasteiger partial charge in [0.1, 0.15) is 9.71 Å². The molecule has 0 radical (unpaired) electrons. The van der Waals surface area contributed by atoms with Crippen LogP contribution in [0, 0.1) is 25.2 Å². The zero-order chi connectivity index (χ0) is 20.9. The number of nitrogens with zero attached hydrogens (tertiary/aromatic N) is 3. The summed E-state index contributed by atoms with van der Waals surface area (Å²) in [6.45, 7) is 10.6. The van der Waals surface area contributed by atoms with E-state index in [4.69, 9.17) is 10.7 Å². The molecule has 0 bridgehead atoms. The third kappa shape index (κ3) is 3.83. The zero-order valence-corrected chi connectivity index (χ0v) is 18.4. The van der Waals surface area contributed by atoms with Crippen LogP contribution in [-0.2, 0) is 12.8 Å². The van der Waals surface area contributed by atoms with E-state index >= 15 is 0 Å². The fraction of sp³-hybridized carbons (Fsp3) is 0.455. The smallest absolute Gasteiger partial charge is 0.270 e.